The van der Waals surface area contributed by atoms with Crippen molar-refractivity contribution in [2.45, 2.75) is 18.7 Å². The molecular weight excluding hydrogens is 338 g/mol. The van der Waals surface area contributed by atoms with Crippen molar-refractivity contribution in [3.05, 3.63) is 58.1 Å². The van der Waals surface area contributed by atoms with Gasteiger partial charge in [0, 0.05) is 0 Å². The number of hydrogen-bond donors (Lipinski definition) is 1. The summed E-state index contributed by atoms with van der Waals surface area (Å²) in [7, 11) is -2.72. The molecule has 23 heavy (non-hydrogen) atoms. The number of carbonyl (C=O) groups excluding carboxylic acids is 1. The van der Waals surface area contributed by atoms with Crippen LogP contribution in [0.15, 0.2) is 41.3 Å². The number of anilines is 1. The molecule has 0 saturated heterocycles. The molecule has 0 aliphatic heterocycles. The Morgan fingerprint density at radius 3 is 2.52 bits per heavy atom. The molecule has 0 aliphatic rings. The van der Waals surface area contributed by atoms with E-state index in [0.29, 0.717) is 5.69 Å². The van der Waals surface area contributed by atoms with Gasteiger partial charge in [0.15, 0.2) is 0 Å². The van der Waals surface area contributed by atoms with Crippen molar-refractivity contribution in [2.24, 2.45) is 0 Å². The molecule has 2 aromatic rings. The highest BCUT2D eigenvalue weighted by atomic mass is 35.5. The van der Waals surface area contributed by atoms with Crippen LogP contribution in [-0.4, -0.2) is 21.5 Å². The molecular formula is C16H16ClNO4S. The van der Waals surface area contributed by atoms with E-state index in [4.69, 9.17) is 11.6 Å². The first-order valence-electron chi connectivity index (χ1n) is 6.73. The standard InChI is InChI=1S/C16H16ClNO4S/c1-10-5-4-6-14(11(10)2)18-23(20,21)15-9-12(16(19)22-3)7-8-13(15)17/h4-9,18H,1-3H3. The van der Waals surface area contributed by atoms with Crippen LogP contribution in [0.25, 0.3) is 0 Å². The highest BCUT2D eigenvalue weighted by Gasteiger charge is 2.21. The van der Waals surface area contributed by atoms with Crippen molar-refractivity contribution >= 4 is 33.3 Å². The lowest BCUT2D eigenvalue weighted by Gasteiger charge is -2.13. The summed E-state index contributed by atoms with van der Waals surface area (Å²) in [5.74, 6) is -0.634. The number of esters is 1. The maximum Gasteiger partial charge on any atom is 0.337 e. The molecule has 0 amide bonds. The van der Waals surface area contributed by atoms with Crippen LogP contribution in [0, 0.1) is 13.8 Å². The van der Waals surface area contributed by atoms with Crippen molar-refractivity contribution in [2.75, 3.05) is 11.8 Å². The smallest absolute Gasteiger partial charge is 0.337 e. The Morgan fingerprint density at radius 2 is 1.87 bits per heavy atom. The van der Waals surface area contributed by atoms with Crippen LogP contribution in [-0.2, 0) is 14.8 Å². The third-order valence-corrected chi connectivity index (χ3v) is 5.34. The summed E-state index contributed by atoms with van der Waals surface area (Å²) in [4.78, 5) is 11.4. The number of methoxy groups -OCH3 is 1. The van der Waals surface area contributed by atoms with E-state index in [9.17, 15) is 13.2 Å². The second kappa shape index (κ2) is 6.60. The maximum atomic E-state index is 12.6. The number of ether oxygens (including phenoxy) is 1. The van der Waals surface area contributed by atoms with Crippen LogP contribution in [0.2, 0.25) is 5.02 Å². The first-order valence-corrected chi connectivity index (χ1v) is 8.59. The van der Waals surface area contributed by atoms with Crippen molar-refractivity contribution < 1.29 is 17.9 Å². The first-order chi connectivity index (χ1) is 10.8. The van der Waals surface area contributed by atoms with Gasteiger partial charge in [-0.1, -0.05) is 23.7 Å². The molecule has 0 unspecified atom stereocenters. The molecule has 0 aromatic heterocycles. The van der Waals surface area contributed by atoms with Gasteiger partial charge in [0.05, 0.1) is 23.4 Å². The van der Waals surface area contributed by atoms with E-state index in [1.165, 1.54) is 25.3 Å². The summed E-state index contributed by atoms with van der Waals surface area (Å²) in [6, 6.07) is 9.26. The van der Waals surface area contributed by atoms with Crippen LogP contribution < -0.4 is 4.72 Å². The van der Waals surface area contributed by atoms with E-state index >= 15 is 0 Å². The van der Waals surface area contributed by atoms with Gasteiger partial charge in [-0.15, -0.1) is 0 Å². The third kappa shape index (κ3) is 3.65. The van der Waals surface area contributed by atoms with E-state index in [1.54, 1.807) is 12.1 Å². The quantitative estimate of drug-likeness (QED) is 0.853. The summed E-state index contributed by atoms with van der Waals surface area (Å²) in [5, 5.41) is 0.0236. The highest BCUT2D eigenvalue weighted by Crippen LogP contribution is 2.27. The Labute approximate surface area is 140 Å². The summed E-state index contributed by atoms with van der Waals surface area (Å²) in [6.07, 6.45) is 0. The van der Waals surface area contributed by atoms with E-state index in [0.717, 1.165) is 11.1 Å². The minimum absolute atomic E-state index is 0.0236. The fraction of sp³-hybridized carbons (Fsp3) is 0.188. The van der Waals surface area contributed by atoms with E-state index < -0.39 is 16.0 Å². The van der Waals surface area contributed by atoms with Crippen molar-refractivity contribution in [1.29, 1.82) is 0 Å². The highest BCUT2D eigenvalue weighted by molar-refractivity contribution is 7.92. The van der Waals surface area contributed by atoms with Gasteiger partial charge in [0.1, 0.15) is 4.90 Å². The molecule has 122 valence electrons. The van der Waals surface area contributed by atoms with Crippen molar-refractivity contribution in [1.82, 2.24) is 0 Å². The summed E-state index contributed by atoms with van der Waals surface area (Å²) < 4.78 is 32.3. The Morgan fingerprint density at radius 1 is 1.17 bits per heavy atom. The predicted molar refractivity (Wildman–Crippen MR) is 89.5 cm³/mol. The summed E-state index contributed by atoms with van der Waals surface area (Å²) >= 11 is 5.99. The normalized spacial score (nSPS) is 11.1. The zero-order valence-corrected chi connectivity index (χ0v) is 14.5. The third-order valence-electron chi connectivity index (χ3n) is 3.49. The van der Waals surface area contributed by atoms with E-state index in [2.05, 4.69) is 9.46 Å². The number of aryl methyl sites for hydroxylation is 1. The van der Waals surface area contributed by atoms with Crippen LogP contribution >= 0.6 is 11.6 Å². The largest absolute Gasteiger partial charge is 0.465 e. The molecule has 5 nitrogen and oxygen atoms in total. The lowest BCUT2D eigenvalue weighted by Crippen LogP contribution is -2.15. The van der Waals surface area contributed by atoms with E-state index in [-0.39, 0.29) is 15.5 Å². The first kappa shape index (κ1) is 17.3. The summed E-state index contributed by atoms with van der Waals surface area (Å²) in [6.45, 7) is 3.71. The minimum atomic E-state index is -3.94. The Hall–Kier alpha value is -2.05. The molecule has 1 N–H and O–H groups in total. The topological polar surface area (TPSA) is 72.5 Å². The number of rotatable bonds is 4. The van der Waals surface area contributed by atoms with Crippen molar-refractivity contribution in [3.63, 3.8) is 0 Å². The van der Waals surface area contributed by atoms with Gasteiger partial charge in [-0.3, -0.25) is 4.72 Å². The Bertz CT molecular complexity index is 862. The van der Waals surface area contributed by atoms with E-state index in [1.807, 2.05) is 19.9 Å². The van der Waals surface area contributed by atoms with Crippen LogP contribution in [0.1, 0.15) is 21.5 Å². The summed E-state index contributed by atoms with van der Waals surface area (Å²) in [5.41, 5.74) is 2.35. The zero-order chi connectivity index (χ0) is 17.2. The number of sulfonamides is 1. The number of halogens is 1. The monoisotopic (exact) mass is 353 g/mol. The molecule has 0 aliphatic carbocycles. The predicted octanol–water partition coefficient (Wildman–Crippen LogP) is 3.54. The Balaban J connectivity index is 2.47. The fourth-order valence-electron chi connectivity index (χ4n) is 2.02. The van der Waals surface area contributed by atoms with Gasteiger partial charge >= 0.3 is 5.97 Å². The molecule has 0 radical (unpaired) electrons. The molecule has 0 saturated carbocycles. The maximum absolute atomic E-state index is 12.6. The number of hydrogen-bond acceptors (Lipinski definition) is 4. The molecule has 0 spiro atoms. The number of benzene rings is 2. The lowest BCUT2D eigenvalue weighted by atomic mass is 10.1. The zero-order valence-electron chi connectivity index (χ0n) is 12.9. The minimum Gasteiger partial charge on any atom is -0.465 e. The van der Waals surface area contributed by atoms with Crippen LogP contribution in [0.5, 0.6) is 0 Å². The average Bonchev–Trinajstić information content (AvgIpc) is 2.51. The molecule has 0 atom stereocenters. The molecule has 7 heteroatoms. The van der Waals surface area contributed by atoms with Gasteiger partial charge < -0.3 is 4.74 Å². The van der Waals surface area contributed by atoms with Gasteiger partial charge in [0.25, 0.3) is 10.0 Å². The van der Waals surface area contributed by atoms with Gasteiger partial charge in [-0.2, -0.15) is 0 Å². The molecule has 2 aromatic carbocycles. The van der Waals surface area contributed by atoms with Crippen LogP contribution in [0.3, 0.4) is 0 Å². The lowest BCUT2D eigenvalue weighted by molar-refractivity contribution is 0.0600. The molecule has 0 fully saturated rings. The van der Waals surface area contributed by atoms with Gasteiger partial charge in [-0.05, 0) is 49.2 Å². The Kier molecular flexibility index (Phi) is 4.97. The molecule has 0 bridgehead atoms. The SMILES string of the molecule is COC(=O)c1ccc(Cl)c(S(=O)(=O)Nc2cccc(C)c2C)c1. The molecule has 2 rings (SSSR count). The van der Waals surface area contributed by atoms with Crippen LogP contribution in [0.4, 0.5) is 5.69 Å². The van der Waals surface area contributed by atoms with Gasteiger partial charge in [0.2, 0.25) is 0 Å². The fourth-order valence-corrected chi connectivity index (χ4v) is 3.67. The second-order valence-electron chi connectivity index (χ2n) is 4.99. The van der Waals surface area contributed by atoms with Gasteiger partial charge in [-0.25, -0.2) is 13.2 Å². The number of nitrogens with one attached hydrogen (secondary N) is 1. The second-order valence-corrected chi connectivity index (χ2v) is 7.05. The molecule has 0 heterocycles. The number of carbonyl (C=O) groups is 1. The average molecular weight is 354 g/mol. The van der Waals surface area contributed by atoms with Crippen molar-refractivity contribution in [3.8, 4) is 0 Å².